The average Bonchev–Trinajstić information content (AvgIpc) is 2.64. The number of halogens is 3. The minimum Gasteiger partial charge on any atom is -0.288 e. The van der Waals surface area contributed by atoms with Crippen LogP contribution in [0, 0.1) is 10.1 Å². The van der Waals surface area contributed by atoms with Crippen LogP contribution in [0.2, 0.25) is 0 Å². The molecule has 11 heteroatoms. The van der Waals surface area contributed by atoms with E-state index in [0.717, 1.165) is 0 Å². The maximum atomic E-state index is 12.1. The topological polar surface area (TPSA) is 87.9 Å². The van der Waals surface area contributed by atoms with Crippen LogP contribution in [0.4, 0.5) is 19.3 Å². The predicted octanol–water partition coefficient (Wildman–Crippen LogP) is 3.50. The van der Waals surface area contributed by atoms with Crippen LogP contribution in [0.5, 0.6) is 0 Å². The fourth-order valence-electron chi connectivity index (χ4n) is 1.61. The van der Waals surface area contributed by atoms with Crippen LogP contribution >= 0.6 is 0 Å². The lowest BCUT2D eigenvalue weighted by atomic mass is 10.0. The van der Waals surface area contributed by atoms with E-state index in [9.17, 15) is 28.5 Å². The van der Waals surface area contributed by atoms with Crippen LogP contribution in [-0.2, 0) is 14.6 Å². The summed E-state index contributed by atoms with van der Waals surface area (Å²) in [7, 11) is -2.51. The molecule has 0 aliphatic carbocycles. The zero-order chi connectivity index (χ0) is 17.9. The first-order chi connectivity index (χ1) is 11.5. The third-order valence-corrected chi connectivity index (χ3v) is 2.60. The monoisotopic (exact) mass is 343 g/mol. The van der Waals surface area contributed by atoms with E-state index in [1.54, 1.807) is 42.5 Å². The summed E-state index contributed by atoms with van der Waals surface area (Å²) in [5.41, 5.74) is 0.395. The van der Waals surface area contributed by atoms with E-state index >= 15 is 0 Å². The Morgan fingerprint density at radius 3 is 1.88 bits per heavy atom. The Kier molecular flexibility index (Phi) is 8.12. The molecule has 0 radical (unpaired) electrons. The van der Waals surface area contributed by atoms with Gasteiger partial charge in [0.05, 0.1) is 4.92 Å². The molecule has 0 saturated carbocycles. The first-order valence-electron chi connectivity index (χ1n) is 6.20. The molecular weight excluding hydrogens is 334 g/mol. The fraction of sp³-hybridized carbons (Fsp3) is 0. The molecule has 0 heterocycles. The first kappa shape index (κ1) is 19.3. The van der Waals surface area contributed by atoms with Gasteiger partial charge in [0.15, 0.2) is 5.78 Å². The Labute approximate surface area is 133 Å². The largest absolute Gasteiger partial charge is 0.737 e. The lowest BCUT2D eigenvalue weighted by Crippen LogP contribution is -2.15. The minimum atomic E-state index is -2.51. The number of hydrogen-bond acceptors (Lipinski definition) is 6. The van der Waals surface area contributed by atoms with Crippen LogP contribution in [0.15, 0.2) is 54.6 Å². The molecule has 0 spiro atoms. The van der Waals surface area contributed by atoms with Crippen molar-refractivity contribution in [2.24, 2.45) is 0 Å². The van der Waals surface area contributed by atoms with Crippen molar-refractivity contribution in [3.8, 4) is 0 Å². The van der Waals surface area contributed by atoms with E-state index in [2.05, 4.69) is 14.6 Å². The number of rotatable bonds is 6. The Morgan fingerprint density at radius 2 is 1.42 bits per heavy atom. The molecule has 2 aromatic rings. The van der Waals surface area contributed by atoms with Crippen molar-refractivity contribution in [3.05, 3.63) is 75.8 Å². The number of para-hydroxylation sites is 1. The second-order valence-corrected chi connectivity index (χ2v) is 4.03. The van der Waals surface area contributed by atoms with E-state index in [-0.39, 0.29) is 17.0 Å². The van der Waals surface area contributed by atoms with Crippen LogP contribution in [0.1, 0.15) is 15.9 Å². The van der Waals surface area contributed by atoms with Gasteiger partial charge in [0.2, 0.25) is 0 Å². The Balaban J connectivity index is 0.000000351. The summed E-state index contributed by atoms with van der Waals surface area (Å²) >= 11 is 0. The second kappa shape index (κ2) is 10.1. The number of nitrogens with zero attached hydrogens (tertiary/aromatic N) is 1. The molecule has 0 N–H and O–H groups in total. The Morgan fingerprint density at radius 1 is 0.917 bits per heavy atom. The van der Waals surface area contributed by atoms with E-state index in [4.69, 9.17) is 0 Å². The number of hydrogen-bond donors (Lipinski definition) is 0. The molecule has 0 fully saturated rings. The van der Waals surface area contributed by atoms with Crippen LogP contribution < -0.4 is 0 Å². The molecule has 0 aromatic heterocycles. The average molecular weight is 343 g/mol. The quantitative estimate of drug-likeness (QED) is 0.345. The third-order valence-electron chi connectivity index (χ3n) is 2.60. The lowest BCUT2D eigenvalue weighted by Gasteiger charge is -2.01. The Hall–Kier alpha value is -2.76. The van der Waals surface area contributed by atoms with Crippen molar-refractivity contribution in [2.45, 2.75) is 0 Å². The summed E-state index contributed by atoms with van der Waals surface area (Å²) in [6.07, 6.45) is 0. The molecule has 0 atom stereocenters. The zero-order valence-corrected chi connectivity index (χ0v) is 11.8. The molecule has 0 bridgehead atoms. The SMILES string of the molecule is FOB(OF)OF.O=C(c1ccccc1)c1ccccc1[N+](=O)[O-]. The lowest BCUT2D eigenvalue weighted by molar-refractivity contribution is -0.385. The van der Waals surface area contributed by atoms with Gasteiger partial charge >= 0.3 is 7.32 Å². The van der Waals surface area contributed by atoms with E-state index in [1.165, 1.54) is 12.1 Å². The smallest absolute Gasteiger partial charge is 0.288 e. The minimum absolute atomic E-state index is 0.115. The summed E-state index contributed by atoms with van der Waals surface area (Å²) in [4.78, 5) is 29.4. The van der Waals surface area contributed by atoms with Crippen LogP contribution in [-0.4, -0.2) is 18.0 Å². The number of benzene rings is 2. The summed E-state index contributed by atoms with van der Waals surface area (Å²) in [5, 5.41) is 10.8. The molecule has 0 aliphatic rings. The van der Waals surface area contributed by atoms with E-state index in [0.29, 0.717) is 5.56 Å². The van der Waals surface area contributed by atoms with Gasteiger partial charge in [-0.25, -0.2) is 0 Å². The molecular formula is C13H9BF3NO6. The van der Waals surface area contributed by atoms with Crippen molar-refractivity contribution in [1.82, 2.24) is 0 Å². The van der Waals surface area contributed by atoms with Gasteiger partial charge in [0.25, 0.3) is 5.69 Å². The van der Waals surface area contributed by atoms with Crippen molar-refractivity contribution < 1.29 is 37.9 Å². The highest BCUT2D eigenvalue weighted by atomic mass is 19.3. The fourth-order valence-corrected chi connectivity index (χ4v) is 1.61. The van der Waals surface area contributed by atoms with Gasteiger partial charge in [-0.05, 0) is 6.07 Å². The van der Waals surface area contributed by atoms with Gasteiger partial charge in [-0.2, -0.15) is 14.6 Å². The van der Waals surface area contributed by atoms with Gasteiger partial charge in [-0.1, -0.05) is 56.0 Å². The molecule has 24 heavy (non-hydrogen) atoms. The standard InChI is InChI=1S/C13H9NO3.BF3O3/c15-13(10-6-2-1-3-7-10)11-8-4-5-9-12(11)14(16)17;2-5-1(6-3)7-4/h1-9H;. The summed E-state index contributed by atoms with van der Waals surface area (Å²) in [6, 6.07) is 14.5. The number of nitro groups is 1. The summed E-state index contributed by atoms with van der Waals surface area (Å²) in [5.74, 6) is -0.335. The maximum Gasteiger partial charge on any atom is 0.737 e. The van der Waals surface area contributed by atoms with E-state index < -0.39 is 12.2 Å². The van der Waals surface area contributed by atoms with Crippen LogP contribution in [0.25, 0.3) is 0 Å². The molecule has 2 rings (SSSR count). The molecule has 0 amide bonds. The normalized spacial score (nSPS) is 9.62. The van der Waals surface area contributed by atoms with Gasteiger partial charge in [0, 0.05) is 11.6 Å². The third kappa shape index (κ3) is 5.46. The number of carbonyl (C=O) groups excluding carboxylic acids is 1. The number of carbonyl (C=O) groups is 1. The van der Waals surface area contributed by atoms with Crippen molar-refractivity contribution in [3.63, 3.8) is 0 Å². The van der Waals surface area contributed by atoms with Gasteiger partial charge in [-0.15, -0.1) is 0 Å². The van der Waals surface area contributed by atoms with Gasteiger partial charge in [-0.3, -0.25) is 14.9 Å². The molecule has 0 aliphatic heterocycles. The highest BCUT2D eigenvalue weighted by Crippen LogP contribution is 2.20. The van der Waals surface area contributed by atoms with E-state index in [1.807, 2.05) is 0 Å². The highest BCUT2D eigenvalue weighted by Gasteiger charge is 2.25. The van der Waals surface area contributed by atoms with Crippen molar-refractivity contribution >= 4 is 18.8 Å². The molecule has 126 valence electrons. The van der Waals surface area contributed by atoms with Gasteiger partial charge < -0.3 is 0 Å². The van der Waals surface area contributed by atoms with Crippen LogP contribution in [0.3, 0.4) is 0 Å². The summed E-state index contributed by atoms with van der Waals surface area (Å²) < 4.78 is 31.3. The summed E-state index contributed by atoms with van der Waals surface area (Å²) in [6.45, 7) is 0. The zero-order valence-electron chi connectivity index (χ0n) is 11.8. The molecule has 0 unspecified atom stereocenters. The van der Waals surface area contributed by atoms with Crippen molar-refractivity contribution in [2.75, 3.05) is 0 Å². The predicted molar refractivity (Wildman–Crippen MR) is 75.3 cm³/mol. The number of ketones is 1. The first-order valence-corrected chi connectivity index (χ1v) is 6.20. The molecule has 7 nitrogen and oxygen atoms in total. The highest BCUT2D eigenvalue weighted by molar-refractivity contribution is 6.35. The maximum absolute atomic E-state index is 12.1. The number of nitro benzene ring substituents is 1. The Bertz CT molecular complexity index is 666. The van der Waals surface area contributed by atoms with Gasteiger partial charge in [0.1, 0.15) is 5.56 Å². The molecule has 0 saturated heterocycles. The molecule has 2 aromatic carbocycles. The second-order valence-electron chi connectivity index (χ2n) is 4.03. The van der Waals surface area contributed by atoms with Crippen molar-refractivity contribution in [1.29, 1.82) is 0 Å².